The van der Waals surface area contributed by atoms with Gasteiger partial charge in [0.15, 0.2) is 0 Å². The van der Waals surface area contributed by atoms with Crippen LogP contribution in [0.25, 0.3) is 0 Å². The fourth-order valence-corrected chi connectivity index (χ4v) is 5.42. The first-order valence-corrected chi connectivity index (χ1v) is 11.9. The van der Waals surface area contributed by atoms with E-state index in [2.05, 4.69) is 6.92 Å². The number of carbonyl (C=O) groups is 2. The molecule has 3 unspecified atom stereocenters. The van der Waals surface area contributed by atoms with Crippen LogP contribution in [-0.2, 0) is 11.2 Å². The van der Waals surface area contributed by atoms with E-state index in [4.69, 9.17) is 5.11 Å². The molecule has 2 N–H and O–H groups in total. The highest BCUT2D eigenvalue weighted by Gasteiger charge is 2.35. The summed E-state index contributed by atoms with van der Waals surface area (Å²) in [7, 11) is 0. The van der Waals surface area contributed by atoms with Gasteiger partial charge in [-0.2, -0.15) is 0 Å². The Morgan fingerprint density at radius 1 is 1.13 bits per heavy atom. The summed E-state index contributed by atoms with van der Waals surface area (Å²) in [5, 5.41) is 19.4. The van der Waals surface area contributed by atoms with Crippen molar-refractivity contribution in [1.82, 2.24) is 0 Å². The van der Waals surface area contributed by atoms with Crippen molar-refractivity contribution in [1.29, 1.82) is 0 Å². The van der Waals surface area contributed by atoms with Gasteiger partial charge in [0.1, 0.15) is 10.7 Å². The highest BCUT2D eigenvalue weighted by Crippen LogP contribution is 2.40. The van der Waals surface area contributed by atoms with Crippen LogP contribution in [0.2, 0.25) is 0 Å². The molecule has 3 atom stereocenters. The lowest BCUT2D eigenvalue weighted by Crippen LogP contribution is -2.13. The topological polar surface area (TPSA) is 74.6 Å². The highest BCUT2D eigenvalue weighted by atomic mass is 32.1. The molecule has 0 bridgehead atoms. The number of carboxylic acids is 1. The third kappa shape index (κ3) is 5.79. The second kappa shape index (κ2) is 10.9. The smallest absolute Gasteiger partial charge is 0.345 e. The molecule has 4 nitrogen and oxygen atoms in total. The minimum atomic E-state index is -0.869. The molecule has 2 aromatic rings. The molecule has 1 aromatic heterocycles. The minimum absolute atomic E-state index is 0.0470. The van der Waals surface area contributed by atoms with E-state index < -0.39 is 12.1 Å². The number of ketones is 1. The quantitative estimate of drug-likeness (QED) is 0.421. The Labute approximate surface area is 183 Å². The number of hydrogen-bond acceptors (Lipinski definition) is 4. The van der Waals surface area contributed by atoms with Gasteiger partial charge in [0.2, 0.25) is 0 Å². The molecule has 30 heavy (non-hydrogen) atoms. The van der Waals surface area contributed by atoms with Crippen molar-refractivity contribution >= 4 is 23.1 Å². The van der Waals surface area contributed by atoms with Crippen LogP contribution in [0, 0.1) is 5.92 Å². The van der Waals surface area contributed by atoms with Gasteiger partial charge < -0.3 is 10.2 Å². The van der Waals surface area contributed by atoms with Crippen LogP contribution < -0.4 is 0 Å². The number of aryl methyl sites for hydroxylation is 1. The summed E-state index contributed by atoms with van der Waals surface area (Å²) in [6, 6.07) is 11.6. The lowest BCUT2D eigenvalue weighted by atomic mass is 9.84. The summed E-state index contributed by atoms with van der Waals surface area (Å²) in [4.78, 5) is 25.1. The fraction of sp³-hybridized carbons (Fsp3) is 0.520. The number of benzene rings is 1. The molecule has 0 amide bonds. The van der Waals surface area contributed by atoms with Crippen molar-refractivity contribution in [2.45, 2.75) is 76.7 Å². The number of unbranched alkanes of at least 4 members (excludes halogenated alkanes) is 2. The molecule has 1 aliphatic rings. The zero-order chi connectivity index (χ0) is 21.5. The van der Waals surface area contributed by atoms with E-state index in [1.165, 1.54) is 11.3 Å². The maximum absolute atomic E-state index is 12.6. The first-order valence-electron chi connectivity index (χ1n) is 11.1. The second-order valence-corrected chi connectivity index (χ2v) is 9.55. The SMILES string of the molecule is CCCCCC(O)c1ccc(C2C(=O)CCC2CCCc2ccc(C(=O)O)s2)cc1. The van der Waals surface area contributed by atoms with Crippen molar-refractivity contribution in [2.24, 2.45) is 5.92 Å². The van der Waals surface area contributed by atoms with Gasteiger partial charge in [-0.15, -0.1) is 11.3 Å². The summed E-state index contributed by atoms with van der Waals surface area (Å²) >= 11 is 1.34. The van der Waals surface area contributed by atoms with Crippen molar-refractivity contribution < 1.29 is 19.8 Å². The van der Waals surface area contributed by atoms with Gasteiger partial charge in [-0.05, 0) is 61.3 Å². The fourth-order valence-electron chi connectivity index (χ4n) is 4.53. The van der Waals surface area contributed by atoms with E-state index in [0.717, 1.165) is 67.4 Å². The molecular weight excluding hydrogens is 396 g/mol. The van der Waals surface area contributed by atoms with E-state index in [-0.39, 0.29) is 5.92 Å². The average Bonchev–Trinajstić information content (AvgIpc) is 3.35. The van der Waals surface area contributed by atoms with Gasteiger partial charge in [-0.3, -0.25) is 4.79 Å². The summed E-state index contributed by atoms with van der Waals surface area (Å²) < 4.78 is 0. The zero-order valence-electron chi connectivity index (χ0n) is 17.7. The number of aliphatic hydroxyl groups excluding tert-OH is 1. The molecule has 0 saturated heterocycles. The second-order valence-electron chi connectivity index (χ2n) is 8.38. The van der Waals surface area contributed by atoms with Crippen molar-refractivity contribution in [3.05, 3.63) is 57.3 Å². The van der Waals surface area contributed by atoms with Crippen molar-refractivity contribution in [3.8, 4) is 0 Å². The summed E-state index contributed by atoms with van der Waals surface area (Å²) in [6.07, 6.45) is 8.01. The first-order chi connectivity index (χ1) is 14.5. The average molecular weight is 429 g/mol. The lowest BCUT2D eigenvalue weighted by Gasteiger charge is -2.20. The Morgan fingerprint density at radius 2 is 1.90 bits per heavy atom. The third-order valence-electron chi connectivity index (χ3n) is 6.21. The minimum Gasteiger partial charge on any atom is -0.477 e. The highest BCUT2D eigenvalue weighted by molar-refractivity contribution is 7.13. The van der Waals surface area contributed by atoms with Gasteiger partial charge in [0, 0.05) is 17.2 Å². The molecule has 5 heteroatoms. The number of Topliss-reactive ketones (excluding diaryl/α,β-unsaturated/α-hetero) is 1. The van der Waals surface area contributed by atoms with Crippen LogP contribution in [0.15, 0.2) is 36.4 Å². The number of rotatable bonds is 11. The number of hydrogen-bond donors (Lipinski definition) is 2. The standard InChI is InChI=1S/C25H32O4S/c1-2-3-4-8-21(26)17-9-11-19(12-10-17)24-18(13-15-22(24)27)6-5-7-20-14-16-23(30-20)25(28)29/h9-12,14,16,18,21,24,26H,2-8,13,15H2,1H3,(H,28,29). The maximum Gasteiger partial charge on any atom is 0.345 e. The Kier molecular flexibility index (Phi) is 8.23. The van der Waals surface area contributed by atoms with Crippen LogP contribution in [0.3, 0.4) is 0 Å². The Morgan fingerprint density at radius 3 is 2.57 bits per heavy atom. The molecule has 1 saturated carbocycles. The van der Waals surface area contributed by atoms with E-state index in [0.29, 0.717) is 23.0 Å². The van der Waals surface area contributed by atoms with Crippen LogP contribution in [0.5, 0.6) is 0 Å². The Hall–Kier alpha value is -1.98. The number of thiophene rings is 1. The number of carbonyl (C=O) groups excluding carboxylic acids is 1. The predicted octanol–water partition coefficient (Wildman–Crippen LogP) is 6.15. The van der Waals surface area contributed by atoms with E-state index in [1.807, 2.05) is 30.3 Å². The van der Waals surface area contributed by atoms with Crippen LogP contribution in [-0.4, -0.2) is 22.0 Å². The van der Waals surface area contributed by atoms with Gasteiger partial charge in [-0.25, -0.2) is 4.79 Å². The number of aromatic carboxylic acids is 1. The van der Waals surface area contributed by atoms with Crippen LogP contribution >= 0.6 is 11.3 Å². The van der Waals surface area contributed by atoms with Crippen molar-refractivity contribution in [3.63, 3.8) is 0 Å². The third-order valence-corrected chi connectivity index (χ3v) is 7.34. The first kappa shape index (κ1) is 22.7. The molecular formula is C25H32O4S. The molecule has 1 heterocycles. The molecule has 162 valence electrons. The van der Waals surface area contributed by atoms with Crippen LogP contribution in [0.1, 0.15) is 96.0 Å². The normalized spacial score (nSPS) is 19.9. The molecule has 0 aliphatic heterocycles. The van der Waals surface area contributed by atoms with Crippen molar-refractivity contribution in [2.75, 3.05) is 0 Å². The Bertz CT molecular complexity index is 839. The van der Waals surface area contributed by atoms with Gasteiger partial charge >= 0.3 is 5.97 Å². The zero-order valence-corrected chi connectivity index (χ0v) is 18.5. The largest absolute Gasteiger partial charge is 0.477 e. The summed E-state index contributed by atoms with van der Waals surface area (Å²) in [5.74, 6) is -0.252. The summed E-state index contributed by atoms with van der Waals surface area (Å²) in [5.41, 5.74) is 2.00. The number of aliphatic hydroxyl groups is 1. The predicted molar refractivity (Wildman–Crippen MR) is 120 cm³/mol. The number of carboxylic acid groups (broad SMARTS) is 1. The monoisotopic (exact) mass is 428 g/mol. The van der Waals surface area contributed by atoms with E-state index in [9.17, 15) is 14.7 Å². The summed E-state index contributed by atoms with van der Waals surface area (Å²) in [6.45, 7) is 2.16. The van der Waals surface area contributed by atoms with Gasteiger partial charge in [-0.1, -0.05) is 50.5 Å². The molecule has 0 spiro atoms. The molecule has 3 rings (SSSR count). The van der Waals surface area contributed by atoms with Gasteiger partial charge in [0.25, 0.3) is 0 Å². The van der Waals surface area contributed by atoms with E-state index >= 15 is 0 Å². The van der Waals surface area contributed by atoms with Crippen LogP contribution in [0.4, 0.5) is 0 Å². The maximum atomic E-state index is 12.6. The van der Waals surface area contributed by atoms with E-state index in [1.54, 1.807) is 6.07 Å². The molecule has 1 aromatic carbocycles. The molecule has 0 radical (unpaired) electrons. The lowest BCUT2D eigenvalue weighted by molar-refractivity contribution is -0.119. The van der Waals surface area contributed by atoms with Gasteiger partial charge in [0.05, 0.1) is 6.10 Å². The molecule has 1 fully saturated rings. The molecule has 1 aliphatic carbocycles. The Balaban J connectivity index is 1.56.